The highest BCUT2D eigenvalue weighted by Gasteiger charge is 2.10. The molecule has 0 aliphatic heterocycles. The maximum atomic E-state index is 12.5. The first kappa shape index (κ1) is 14.8. The number of anilines is 1. The van der Waals surface area contributed by atoms with Gasteiger partial charge in [0.1, 0.15) is 0 Å². The SMILES string of the molecule is O=C(O)Cc1ccc(NC(=O)c2cccc3ccccc23)cc1. The number of aliphatic carboxylic acids is 1. The number of carbonyl (C=O) groups is 2. The number of nitrogens with one attached hydrogen (secondary N) is 1. The third-order valence-corrected chi connectivity index (χ3v) is 3.60. The second-order valence-corrected chi connectivity index (χ2v) is 5.25. The van der Waals surface area contributed by atoms with Crippen molar-refractivity contribution in [2.24, 2.45) is 0 Å². The van der Waals surface area contributed by atoms with E-state index < -0.39 is 5.97 Å². The Balaban J connectivity index is 1.82. The van der Waals surface area contributed by atoms with Crippen molar-refractivity contribution in [2.45, 2.75) is 6.42 Å². The van der Waals surface area contributed by atoms with Crippen LogP contribution in [0.25, 0.3) is 10.8 Å². The average molecular weight is 305 g/mol. The molecule has 114 valence electrons. The Morgan fingerprint density at radius 1 is 0.870 bits per heavy atom. The van der Waals surface area contributed by atoms with Crippen molar-refractivity contribution < 1.29 is 14.7 Å². The third-order valence-electron chi connectivity index (χ3n) is 3.60. The fraction of sp³-hybridized carbons (Fsp3) is 0.0526. The third kappa shape index (κ3) is 3.37. The summed E-state index contributed by atoms with van der Waals surface area (Å²) in [5.41, 5.74) is 1.94. The summed E-state index contributed by atoms with van der Waals surface area (Å²) in [6, 6.07) is 20.1. The monoisotopic (exact) mass is 305 g/mol. The normalized spacial score (nSPS) is 10.4. The predicted molar refractivity (Wildman–Crippen MR) is 89.7 cm³/mol. The van der Waals surface area contributed by atoms with Gasteiger partial charge in [-0.15, -0.1) is 0 Å². The summed E-state index contributed by atoms with van der Waals surface area (Å²) in [7, 11) is 0. The van der Waals surface area contributed by atoms with Gasteiger partial charge in [0.2, 0.25) is 0 Å². The second kappa shape index (κ2) is 6.32. The number of fused-ring (bicyclic) bond motifs is 1. The van der Waals surface area contributed by atoms with E-state index in [-0.39, 0.29) is 12.3 Å². The lowest BCUT2D eigenvalue weighted by molar-refractivity contribution is -0.136. The van der Waals surface area contributed by atoms with Crippen LogP contribution in [0.3, 0.4) is 0 Å². The molecular formula is C19H15NO3. The number of benzene rings is 3. The molecule has 2 N–H and O–H groups in total. The van der Waals surface area contributed by atoms with Crippen molar-refractivity contribution in [3.05, 3.63) is 77.9 Å². The molecule has 0 saturated carbocycles. The molecule has 0 spiro atoms. The molecule has 0 atom stereocenters. The summed E-state index contributed by atoms with van der Waals surface area (Å²) in [4.78, 5) is 23.2. The molecule has 23 heavy (non-hydrogen) atoms. The van der Waals surface area contributed by atoms with Gasteiger partial charge in [-0.3, -0.25) is 9.59 Å². The maximum absolute atomic E-state index is 12.5. The molecule has 0 aromatic heterocycles. The number of carbonyl (C=O) groups excluding carboxylic acids is 1. The molecule has 0 saturated heterocycles. The molecule has 3 aromatic rings. The highest BCUT2D eigenvalue weighted by Crippen LogP contribution is 2.20. The van der Waals surface area contributed by atoms with Gasteiger partial charge in [-0.05, 0) is 34.5 Å². The van der Waals surface area contributed by atoms with E-state index in [0.717, 1.165) is 10.8 Å². The number of hydrogen-bond donors (Lipinski definition) is 2. The van der Waals surface area contributed by atoms with Crippen LogP contribution in [0, 0.1) is 0 Å². The first-order valence-electron chi connectivity index (χ1n) is 7.23. The minimum atomic E-state index is -0.877. The summed E-state index contributed by atoms with van der Waals surface area (Å²) in [6.45, 7) is 0. The van der Waals surface area contributed by atoms with Gasteiger partial charge in [0, 0.05) is 11.3 Å². The minimum absolute atomic E-state index is 0.0302. The topological polar surface area (TPSA) is 66.4 Å². The Labute approximate surface area is 133 Å². The molecule has 0 heterocycles. The maximum Gasteiger partial charge on any atom is 0.307 e. The van der Waals surface area contributed by atoms with Crippen molar-refractivity contribution in [3.63, 3.8) is 0 Å². The van der Waals surface area contributed by atoms with Gasteiger partial charge < -0.3 is 10.4 Å². The standard InChI is InChI=1S/C19H15NO3/c21-18(22)12-13-8-10-15(11-9-13)20-19(23)17-7-3-5-14-4-1-2-6-16(14)17/h1-11H,12H2,(H,20,23)(H,21,22). The van der Waals surface area contributed by atoms with Crippen LogP contribution >= 0.6 is 0 Å². The zero-order chi connectivity index (χ0) is 16.2. The van der Waals surface area contributed by atoms with Gasteiger partial charge in [0.25, 0.3) is 5.91 Å². The van der Waals surface area contributed by atoms with E-state index in [1.54, 1.807) is 30.3 Å². The van der Waals surface area contributed by atoms with Crippen LogP contribution in [0.15, 0.2) is 66.7 Å². The molecule has 1 amide bonds. The molecule has 0 bridgehead atoms. The Hall–Kier alpha value is -3.14. The summed E-state index contributed by atoms with van der Waals surface area (Å²) in [6.07, 6.45) is -0.0302. The van der Waals surface area contributed by atoms with Crippen molar-refractivity contribution >= 4 is 28.3 Å². The summed E-state index contributed by atoms with van der Waals surface area (Å²) in [5, 5.41) is 13.5. The highest BCUT2D eigenvalue weighted by atomic mass is 16.4. The van der Waals surface area contributed by atoms with E-state index in [0.29, 0.717) is 16.8 Å². The molecule has 4 nitrogen and oxygen atoms in total. The van der Waals surface area contributed by atoms with Crippen LogP contribution in [0.1, 0.15) is 15.9 Å². The molecule has 0 aliphatic rings. The molecule has 4 heteroatoms. The number of hydrogen-bond acceptors (Lipinski definition) is 2. The Bertz CT molecular complexity index is 864. The molecule has 3 aromatic carbocycles. The van der Waals surface area contributed by atoms with E-state index in [4.69, 9.17) is 5.11 Å². The quantitative estimate of drug-likeness (QED) is 0.772. The molecule has 3 rings (SSSR count). The first-order chi connectivity index (χ1) is 11.1. The molecule has 0 radical (unpaired) electrons. The van der Waals surface area contributed by atoms with Gasteiger partial charge in [-0.25, -0.2) is 0 Å². The van der Waals surface area contributed by atoms with Gasteiger partial charge in [0.05, 0.1) is 6.42 Å². The van der Waals surface area contributed by atoms with Crippen molar-refractivity contribution in [2.75, 3.05) is 5.32 Å². The van der Waals surface area contributed by atoms with Gasteiger partial charge in [-0.2, -0.15) is 0 Å². The van der Waals surface area contributed by atoms with Crippen molar-refractivity contribution in [3.8, 4) is 0 Å². The van der Waals surface area contributed by atoms with Crippen molar-refractivity contribution in [1.29, 1.82) is 0 Å². The predicted octanol–water partition coefficient (Wildman–Crippen LogP) is 3.72. The highest BCUT2D eigenvalue weighted by molar-refractivity contribution is 6.12. The van der Waals surface area contributed by atoms with Crippen LogP contribution in [0.4, 0.5) is 5.69 Å². The van der Waals surface area contributed by atoms with Crippen molar-refractivity contribution in [1.82, 2.24) is 0 Å². The summed E-state index contributed by atoms with van der Waals surface area (Å²) in [5.74, 6) is -1.06. The van der Waals surface area contributed by atoms with E-state index >= 15 is 0 Å². The molecular weight excluding hydrogens is 290 g/mol. The fourth-order valence-electron chi connectivity index (χ4n) is 2.50. The Morgan fingerprint density at radius 3 is 2.30 bits per heavy atom. The molecule has 0 unspecified atom stereocenters. The number of rotatable bonds is 4. The average Bonchev–Trinajstić information content (AvgIpc) is 2.55. The van der Waals surface area contributed by atoms with E-state index in [1.807, 2.05) is 36.4 Å². The fourth-order valence-corrected chi connectivity index (χ4v) is 2.50. The summed E-state index contributed by atoms with van der Waals surface area (Å²) < 4.78 is 0. The van der Waals surface area contributed by atoms with Gasteiger partial charge >= 0.3 is 5.97 Å². The van der Waals surface area contributed by atoms with Gasteiger partial charge in [0.15, 0.2) is 0 Å². The first-order valence-corrected chi connectivity index (χ1v) is 7.23. The number of carboxylic acid groups (broad SMARTS) is 1. The minimum Gasteiger partial charge on any atom is -0.481 e. The number of amides is 1. The zero-order valence-electron chi connectivity index (χ0n) is 12.3. The van der Waals surface area contributed by atoms with Gasteiger partial charge in [-0.1, -0.05) is 48.5 Å². The second-order valence-electron chi connectivity index (χ2n) is 5.25. The smallest absolute Gasteiger partial charge is 0.307 e. The van der Waals surface area contributed by atoms with Crippen LogP contribution in [-0.4, -0.2) is 17.0 Å². The lowest BCUT2D eigenvalue weighted by Gasteiger charge is -2.08. The Morgan fingerprint density at radius 2 is 1.57 bits per heavy atom. The lowest BCUT2D eigenvalue weighted by atomic mass is 10.0. The van der Waals surface area contributed by atoms with E-state index in [9.17, 15) is 9.59 Å². The Kier molecular flexibility index (Phi) is 4.06. The van der Waals surface area contributed by atoms with E-state index in [2.05, 4.69) is 5.32 Å². The summed E-state index contributed by atoms with van der Waals surface area (Å²) >= 11 is 0. The number of carboxylic acids is 1. The van der Waals surface area contributed by atoms with Crippen LogP contribution in [0.5, 0.6) is 0 Å². The van der Waals surface area contributed by atoms with Crippen LogP contribution < -0.4 is 5.32 Å². The molecule has 0 aliphatic carbocycles. The van der Waals surface area contributed by atoms with Crippen LogP contribution in [-0.2, 0) is 11.2 Å². The van der Waals surface area contributed by atoms with E-state index in [1.165, 1.54) is 0 Å². The zero-order valence-corrected chi connectivity index (χ0v) is 12.3. The van der Waals surface area contributed by atoms with Crippen LogP contribution in [0.2, 0.25) is 0 Å². The lowest BCUT2D eigenvalue weighted by Crippen LogP contribution is -2.12. The largest absolute Gasteiger partial charge is 0.481 e. The molecule has 0 fully saturated rings.